The highest BCUT2D eigenvalue weighted by molar-refractivity contribution is 6.07. The first-order valence-corrected chi connectivity index (χ1v) is 6.05. The maximum Gasteiger partial charge on any atom is 0.258 e. The van der Waals surface area contributed by atoms with Gasteiger partial charge in [-0.1, -0.05) is 18.2 Å². The van der Waals surface area contributed by atoms with Crippen LogP contribution in [0.15, 0.2) is 29.1 Å². The Morgan fingerprint density at radius 2 is 1.89 bits per heavy atom. The quantitative estimate of drug-likeness (QED) is 0.871. The topological polar surface area (TPSA) is 65.1 Å². The monoisotopic (exact) mass is 242 g/mol. The zero-order valence-corrected chi connectivity index (χ0v) is 10.1. The number of pyridine rings is 1. The molecule has 0 bridgehead atoms. The van der Waals surface area contributed by atoms with Crippen molar-refractivity contribution >= 4 is 16.7 Å². The van der Waals surface area contributed by atoms with E-state index in [0.717, 1.165) is 12.8 Å². The number of amides is 1. The third-order valence-corrected chi connectivity index (χ3v) is 3.53. The second-order valence-electron chi connectivity index (χ2n) is 4.78. The molecule has 1 aromatic carbocycles. The van der Waals surface area contributed by atoms with Gasteiger partial charge in [-0.05, 0) is 25.8 Å². The first-order chi connectivity index (χ1) is 8.61. The van der Waals surface area contributed by atoms with Gasteiger partial charge in [0.2, 0.25) is 0 Å². The first-order valence-electron chi connectivity index (χ1n) is 6.05. The fraction of sp³-hybridized carbons (Fsp3) is 0.286. The molecule has 1 aromatic heterocycles. The van der Waals surface area contributed by atoms with Crippen LogP contribution in [0.3, 0.4) is 0 Å². The third kappa shape index (κ3) is 1.45. The molecule has 1 aliphatic carbocycles. The molecular weight excluding hydrogens is 228 g/mol. The van der Waals surface area contributed by atoms with E-state index in [9.17, 15) is 9.59 Å². The molecule has 2 aromatic rings. The molecule has 1 fully saturated rings. The van der Waals surface area contributed by atoms with Crippen LogP contribution in [0.1, 0.15) is 34.9 Å². The van der Waals surface area contributed by atoms with Crippen LogP contribution in [0, 0.1) is 6.92 Å². The fourth-order valence-electron chi connectivity index (χ4n) is 2.57. The summed E-state index contributed by atoms with van der Waals surface area (Å²) in [5, 5.41) is 1.23. The Morgan fingerprint density at radius 1 is 1.28 bits per heavy atom. The van der Waals surface area contributed by atoms with Crippen molar-refractivity contribution < 1.29 is 4.79 Å². The lowest BCUT2D eigenvalue weighted by Crippen LogP contribution is -2.26. The minimum Gasteiger partial charge on any atom is -0.366 e. The number of aromatic nitrogens is 1. The normalized spacial score (nSPS) is 14.9. The average molecular weight is 242 g/mol. The van der Waals surface area contributed by atoms with Crippen molar-refractivity contribution in [1.82, 2.24) is 4.57 Å². The molecule has 92 valence electrons. The number of nitrogens with two attached hydrogens (primary N) is 1. The summed E-state index contributed by atoms with van der Waals surface area (Å²) in [5.74, 6) is -0.474. The predicted octanol–water partition coefficient (Wildman–Crippen LogP) is 1.74. The van der Waals surface area contributed by atoms with Crippen LogP contribution in [0.4, 0.5) is 0 Å². The van der Waals surface area contributed by atoms with Crippen LogP contribution < -0.4 is 11.3 Å². The molecule has 0 atom stereocenters. The van der Waals surface area contributed by atoms with Crippen LogP contribution >= 0.6 is 0 Å². The van der Waals surface area contributed by atoms with E-state index >= 15 is 0 Å². The van der Waals surface area contributed by atoms with Crippen LogP contribution in [-0.4, -0.2) is 10.5 Å². The average Bonchev–Trinajstić information content (AvgIpc) is 3.13. The molecule has 3 rings (SSSR count). The fourth-order valence-corrected chi connectivity index (χ4v) is 2.57. The van der Waals surface area contributed by atoms with Gasteiger partial charge in [0.1, 0.15) is 0 Å². The van der Waals surface area contributed by atoms with Gasteiger partial charge in [-0.25, -0.2) is 0 Å². The number of hydrogen-bond acceptors (Lipinski definition) is 2. The highest BCUT2D eigenvalue weighted by atomic mass is 16.1. The first kappa shape index (κ1) is 11.0. The Balaban J connectivity index is 2.51. The van der Waals surface area contributed by atoms with Gasteiger partial charge >= 0.3 is 0 Å². The van der Waals surface area contributed by atoms with Gasteiger partial charge in [0.05, 0.1) is 5.56 Å². The molecule has 1 heterocycles. The molecule has 0 radical (unpaired) electrons. The Morgan fingerprint density at radius 3 is 2.44 bits per heavy atom. The molecule has 4 heteroatoms. The molecule has 0 spiro atoms. The number of hydrogen-bond donors (Lipinski definition) is 1. The van der Waals surface area contributed by atoms with E-state index in [0.29, 0.717) is 22.0 Å². The number of carbonyl (C=O) groups excluding carboxylic acids is 1. The minimum absolute atomic E-state index is 0.0180. The largest absolute Gasteiger partial charge is 0.366 e. The van der Waals surface area contributed by atoms with Crippen molar-refractivity contribution in [1.29, 1.82) is 0 Å². The Bertz CT molecular complexity index is 712. The lowest BCUT2D eigenvalue weighted by atomic mass is 10.0. The molecule has 1 amide bonds. The van der Waals surface area contributed by atoms with E-state index in [2.05, 4.69) is 0 Å². The highest BCUT2D eigenvalue weighted by Crippen LogP contribution is 2.36. The zero-order chi connectivity index (χ0) is 12.9. The summed E-state index contributed by atoms with van der Waals surface area (Å²) in [4.78, 5) is 24.1. The van der Waals surface area contributed by atoms with Gasteiger partial charge in [-0.3, -0.25) is 9.59 Å². The summed E-state index contributed by atoms with van der Waals surface area (Å²) in [6.07, 6.45) is 1.99. The Labute approximate surface area is 104 Å². The second-order valence-corrected chi connectivity index (χ2v) is 4.78. The molecular formula is C14H14N2O2. The number of rotatable bonds is 2. The van der Waals surface area contributed by atoms with Gasteiger partial charge in [0.25, 0.3) is 11.5 Å². The summed E-state index contributed by atoms with van der Waals surface area (Å²) in [6.45, 7) is 1.80. The van der Waals surface area contributed by atoms with Crippen LogP contribution in [0.25, 0.3) is 10.8 Å². The van der Waals surface area contributed by atoms with Crippen LogP contribution in [0.5, 0.6) is 0 Å². The van der Waals surface area contributed by atoms with Crippen molar-refractivity contribution in [3.05, 3.63) is 45.9 Å². The minimum atomic E-state index is -0.474. The van der Waals surface area contributed by atoms with Crippen molar-refractivity contribution in [2.24, 2.45) is 5.73 Å². The number of carbonyl (C=O) groups is 1. The molecule has 2 N–H and O–H groups in total. The summed E-state index contributed by atoms with van der Waals surface area (Å²) >= 11 is 0. The molecule has 1 saturated carbocycles. The van der Waals surface area contributed by atoms with Gasteiger partial charge < -0.3 is 10.3 Å². The Kier molecular flexibility index (Phi) is 2.26. The van der Waals surface area contributed by atoms with Crippen LogP contribution in [0.2, 0.25) is 0 Å². The number of primary amides is 1. The SMILES string of the molecule is Cc1c(C(N)=O)c2ccccc2c(=O)n1C1CC1. The van der Waals surface area contributed by atoms with E-state index in [1.165, 1.54) is 0 Å². The molecule has 0 aliphatic heterocycles. The lowest BCUT2D eigenvalue weighted by Gasteiger charge is -2.14. The van der Waals surface area contributed by atoms with E-state index < -0.39 is 5.91 Å². The highest BCUT2D eigenvalue weighted by Gasteiger charge is 2.29. The van der Waals surface area contributed by atoms with E-state index in [-0.39, 0.29) is 11.6 Å². The maximum absolute atomic E-state index is 12.4. The smallest absolute Gasteiger partial charge is 0.258 e. The van der Waals surface area contributed by atoms with E-state index in [1.807, 2.05) is 6.07 Å². The lowest BCUT2D eigenvalue weighted by molar-refractivity contribution is 0.100. The van der Waals surface area contributed by atoms with Crippen molar-refractivity contribution in [3.8, 4) is 0 Å². The van der Waals surface area contributed by atoms with E-state index in [1.54, 1.807) is 29.7 Å². The van der Waals surface area contributed by atoms with E-state index in [4.69, 9.17) is 5.73 Å². The number of benzene rings is 1. The predicted molar refractivity (Wildman–Crippen MR) is 69.7 cm³/mol. The summed E-state index contributed by atoms with van der Waals surface area (Å²) in [7, 11) is 0. The molecule has 1 aliphatic rings. The third-order valence-electron chi connectivity index (χ3n) is 3.53. The van der Waals surface area contributed by atoms with Gasteiger partial charge in [0, 0.05) is 22.5 Å². The van der Waals surface area contributed by atoms with Crippen molar-refractivity contribution in [3.63, 3.8) is 0 Å². The zero-order valence-electron chi connectivity index (χ0n) is 10.1. The van der Waals surface area contributed by atoms with Crippen LogP contribution in [-0.2, 0) is 0 Å². The number of nitrogens with zero attached hydrogens (tertiary/aromatic N) is 1. The molecule has 18 heavy (non-hydrogen) atoms. The van der Waals surface area contributed by atoms with Crippen molar-refractivity contribution in [2.45, 2.75) is 25.8 Å². The standard InChI is InChI=1S/C14H14N2O2/c1-8-12(13(15)17)10-4-2-3-5-11(10)14(18)16(8)9-6-7-9/h2-5,9H,6-7H2,1H3,(H2,15,17). The number of fused-ring (bicyclic) bond motifs is 1. The molecule has 0 saturated heterocycles. The van der Waals surface area contributed by atoms with Gasteiger partial charge in [-0.15, -0.1) is 0 Å². The molecule has 0 unspecified atom stereocenters. The second kappa shape index (κ2) is 3.70. The van der Waals surface area contributed by atoms with Crippen molar-refractivity contribution in [2.75, 3.05) is 0 Å². The van der Waals surface area contributed by atoms with Gasteiger partial charge in [0.15, 0.2) is 0 Å². The Hall–Kier alpha value is -2.10. The van der Waals surface area contributed by atoms with Gasteiger partial charge in [-0.2, -0.15) is 0 Å². The molecule has 4 nitrogen and oxygen atoms in total. The summed E-state index contributed by atoms with van der Waals surface area (Å²) < 4.78 is 1.72. The summed E-state index contributed by atoms with van der Waals surface area (Å²) in [6, 6.07) is 7.39. The maximum atomic E-state index is 12.4. The summed E-state index contributed by atoms with van der Waals surface area (Å²) in [5.41, 5.74) is 6.61.